The lowest BCUT2D eigenvalue weighted by molar-refractivity contribution is -0.117. The van der Waals surface area contributed by atoms with E-state index in [0.29, 0.717) is 6.42 Å². The molecule has 0 aromatic rings. The quantitative estimate of drug-likeness (QED) is 0.183. The van der Waals surface area contributed by atoms with Gasteiger partial charge in [0.25, 0.3) is 0 Å². The van der Waals surface area contributed by atoms with Gasteiger partial charge in [0.05, 0.1) is 11.7 Å². The molecule has 5 heteroatoms. The van der Waals surface area contributed by atoms with E-state index in [2.05, 4.69) is 34.7 Å². The van der Waals surface area contributed by atoms with E-state index in [9.17, 15) is 9.90 Å². The minimum atomic E-state index is -0.626. The SMILES string of the molecule is CC#C/C=C/C=C/[C@@H](OC)[C@H](CCCC(C)=O)OC.CCCCC[C@@](C)(O)/C=C/Br. The van der Waals surface area contributed by atoms with Crippen LogP contribution in [0.3, 0.4) is 0 Å². The zero-order valence-corrected chi connectivity index (χ0v) is 21.2. The van der Waals surface area contributed by atoms with E-state index in [0.717, 1.165) is 25.7 Å². The summed E-state index contributed by atoms with van der Waals surface area (Å²) < 4.78 is 10.8. The Balaban J connectivity index is 0. The van der Waals surface area contributed by atoms with Crippen molar-refractivity contribution in [3.63, 3.8) is 0 Å². The minimum Gasteiger partial charge on any atom is -0.386 e. The lowest BCUT2D eigenvalue weighted by atomic mass is 9.99. The number of methoxy groups -OCH3 is 2. The Bertz CT molecular complexity index is 567. The fraction of sp³-hybridized carbons (Fsp3) is 0.640. The van der Waals surface area contributed by atoms with Crippen LogP contribution in [0.15, 0.2) is 35.4 Å². The highest BCUT2D eigenvalue weighted by Crippen LogP contribution is 2.16. The van der Waals surface area contributed by atoms with Gasteiger partial charge in [-0.25, -0.2) is 0 Å². The van der Waals surface area contributed by atoms with E-state index in [4.69, 9.17) is 9.47 Å². The number of aliphatic hydroxyl groups is 1. The summed E-state index contributed by atoms with van der Waals surface area (Å²) in [5.74, 6) is 5.83. The second-order valence-electron chi connectivity index (χ2n) is 7.31. The van der Waals surface area contributed by atoms with Gasteiger partial charge in [0.1, 0.15) is 11.9 Å². The van der Waals surface area contributed by atoms with Gasteiger partial charge in [0, 0.05) is 20.6 Å². The Morgan fingerprint density at radius 1 is 1.20 bits per heavy atom. The smallest absolute Gasteiger partial charge is 0.129 e. The molecule has 4 nitrogen and oxygen atoms in total. The second kappa shape index (κ2) is 21.1. The average Bonchev–Trinajstić information content (AvgIpc) is 2.69. The lowest BCUT2D eigenvalue weighted by Crippen LogP contribution is -2.28. The minimum absolute atomic E-state index is 0.0359. The first-order chi connectivity index (χ1) is 14.3. The summed E-state index contributed by atoms with van der Waals surface area (Å²) in [5, 5.41) is 9.62. The Kier molecular flexibility index (Phi) is 21.8. The van der Waals surface area contributed by atoms with Crippen molar-refractivity contribution in [1.82, 2.24) is 0 Å². The number of unbranched alkanes of at least 4 members (excludes halogenated alkanes) is 2. The van der Waals surface area contributed by atoms with Crippen molar-refractivity contribution in [3.8, 4) is 11.8 Å². The predicted octanol–water partition coefficient (Wildman–Crippen LogP) is 6.14. The normalized spacial score (nSPS) is 15.3. The summed E-state index contributed by atoms with van der Waals surface area (Å²) in [6.07, 6.45) is 15.7. The molecular formula is C25H41BrO4. The first-order valence-electron chi connectivity index (χ1n) is 10.6. The highest BCUT2D eigenvalue weighted by atomic mass is 79.9. The number of halogens is 1. The molecular weight excluding hydrogens is 444 g/mol. The summed E-state index contributed by atoms with van der Waals surface area (Å²) in [6.45, 7) is 7.40. The van der Waals surface area contributed by atoms with E-state index in [1.54, 1.807) is 45.2 Å². The Labute approximate surface area is 192 Å². The highest BCUT2D eigenvalue weighted by Gasteiger charge is 2.17. The number of hydrogen-bond donors (Lipinski definition) is 1. The molecule has 0 bridgehead atoms. The zero-order chi connectivity index (χ0) is 23.3. The largest absolute Gasteiger partial charge is 0.386 e. The molecule has 0 aromatic carbocycles. The van der Waals surface area contributed by atoms with Crippen LogP contribution in [0.5, 0.6) is 0 Å². The highest BCUT2D eigenvalue weighted by molar-refractivity contribution is 9.11. The van der Waals surface area contributed by atoms with Crippen molar-refractivity contribution in [2.24, 2.45) is 0 Å². The van der Waals surface area contributed by atoms with E-state index in [1.807, 2.05) is 25.2 Å². The van der Waals surface area contributed by atoms with Crippen molar-refractivity contribution in [3.05, 3.63) is 35.4 Å². The van der Waals surface area contributed by atoms with Gasteiger partial charge < -0.3 is 19.4 Å². The molecule has 30 heavy (non-hydrogen) atoms. The number of rotatable bonds is 14. The van der Waals surface area contributed by atoms with Gasteiger partial charge >= 0.3 is 0 Å². The van der Waals surface area contributed by atoms with E-state index in [-0.39, 0.29) is 18.0 Å². The number of Topliss-reactive ketones (excluding diaryl/α,β-unsaturated/α-hetero) is 1. The van der Waals surface area contributed by atoms with Crippen molar-refractivity contribution in [2.75, 3.05) is 14.2 Å². The molecule has 0 aromatic heterocycles. The molecule has 0 aliphatic heterocycles. The van der Waals surface area contributed by atoms with Gasteiger partial charge in [-0.2, -0.15) is 0 Å². The third-order valence-electron chi connectivity index (χ3n) is 4.40. The number of carbonyl (C=O) groups is 1. The van der Waals surface area contributed by atoms with Crippen LogP contribution in [-0.4, -0.2) is 42.9 Å². The molecule has 0 radical (unpaired) electrons. The fourth-order valence-corrected chi connectivity index (χ4v) is 3.20. The molecule has 172 valence electrons. The molecule has 0 saturated carbocycles. The predicted molar refractivity (Wildman–Crippen MR) is 131 cm³/mol. The second-order valence-corrected chi connectivity index (χ2v) is 7.84. The maximum absolute atomic E-state index is 10.9. The summed E-state index contributed by atoms with van der Waals surface area (Å²) in [6, 6.07) is 0. The van der Waals surface area contributed by atoms with E-state index < -0.39 is 5.60 Å². The van der Waals surface area contributed by atoms with Gasteiger partial charge in [0.15, 0.2) is 0 Å². The van der Waals surface area contributed by atoms with E-state index in [1.165, 1.54) is 12.8 Å². The maximum atomic E-state index is 10.9. The van der Waals surface area contributed by atoms with Gasteiger partial charge in [-0.15, -0.1) is 5.92 Å². The first-order valence-corrected chi connectivity index (χ1v) is 11.5. The summed E-state index contributed by atoms with van der Waals surface area (Å²) >= 11 is 3.15. The van der Waals surface area contributed by atoms with Gasteiger partial charge in [-0.05, 0) is 57.2 Å². The molecule has 0 aliphatic carbocycles. The fourth-order valence-electron chi connectivity index (χ4n) is 2.64. The molecule has 0 saturated heterocycles. The van der Waals surface area contributed by atoms with Crippen molar-refractivity contribution >= 4 is 21.7 Å². The standard InChI is InChI=1S/C16H24O3.C9H17BrO/c1-5-6-7-8-9-12-15(18-3)16(19-4)13-10-11-14(2)17;1-3-4-5-6-9(2,11)7-8-10/h7-9,12,15-16H,10-11,13H2,1-4H3;7-8,11H,3-6H2,1-2H3/b8-7+,12-9+;8-7+/t15-,16+;9-/m11/s1. The molecule has 1 N–H and O–H groups in total. The van der Waals surface area contributed by atoms with Crippen molar-refractivity contribution in [2.45, 2.75) is 90.4 Å². The van der Waals surface area contributed by atoms with Crippen LogP contribution in [0.1, 0.15) is 72.6 Å². The van der Waals surface area contributed by atoms with Crippen LogP contribution in [0.2, 0.25) is 0 Å². The van der Waals surface area contributed by atoms with Crippen LogP contribution in [0.4, 0.5) is 0 Å². The number of carbonyl (C=O) groups excluding carboxylic acids is 1. The maximum Gasteiger partial charge on any atom is 0.129 e. The number of ether oxygens (including phenoxy) is 2. The van der Waals surface area contributed by atoms with E-state index >= 15 is 0 Å². The van der Waals surface area contributed by atoms with Crippen LogP contribution in [-0.2, 0) is 14.3 Å². The molecule has 0 rings (SSSR count). The van der Waals surface area contributed by atoms with Crippen LogP contribution >= 0.6 is 15.9 Å². The summed E-state index contributed by atoms with van der Waals surface area (Å²) in [7, 11) is 3.32. The first kappa shape index (κ1) is 31.0. The van der Waals surface area contributed by atoms with Gasteiger partial charge in [-0.3, -0.25) is 0 Å². The zero-order valence-electron chi connectivity index (χ0n) is 19.6. The third-order valence-corrected chi connectivity index (χ3v) is 4.67. The Morgan fingerprint density at radius 3 is 2.40 bits per heavy atom. The van der Waals surface area contributed by atoms with Crippen molar-refractivity contribution in [1.29, 1.82) is 0 Å². The number of hydrogen-bond acceptors (Lipinski definition) is 4. The van der Waals surface area contributed by atoms with Gasteiger partial charge in [-0.1, -0.05) is 66.3 Å². The number of allylic oxidation sites excluding steroid dienone is 3. The van der Waals surface area contributed by atoms with Crippen LogP contribution in [0, 0.1) is 11.8 Å². The monoisotopic (exact) mass is 484 g/mol. The molecule has 0 unspecified atom stereocenters. The molecule has 0 heterocycles. The topological polar surface area (TPSA) is 55.8 Å². The number of ketones is 1. The van der Waals surface area contributed by atoms with Crippen molar-refractivity contribution < 1.29 is 19.4 Å². The Hall–Kier alpha value is -1.19. The summed E-state index contributed by atoms with van der Waals surface area (Å²) in [4.78, 5) is 12.6. The molecule has 0 spiro atoms. The summed E-state index contributed by atoms with van der Waals surface area (Å²) in [5.41, 5.74) is -0.626. The molecule has 0 amide bonds. The Morgan fingerprint density at radius 2 is 1.90 bits per heavy atom. The third kappa shape index (κ3) is 20.1. The molecule has 0 fully saturated rings. The average molecular weight is 486 g/mol. The van der Waals surface area contributed by atoms with Gasteiger partial charge in [0.2, 0.25) is 0 Å². The van der Waals surface area contributed by atoms with Crippen LogP contribution in [0.25, 0.3) is 0 Å². The molecule has 3 atom stereocenters. The van der Waals surface area contributed by atoms with Crippen LogP contribution < -0.4 is 0 Å². The lowest BCUT2D eigenvalue weighted by Gasteiger charge is -2.22. The molecule has 0 aliphatic rings.